The number of carbonyl (C=O) groups is 19. The van der Waals surface area contributed by atoms with Crippen molar-refractivity contribution in [3.8, 4) is 0 Å². The van der Waals surface area contributed by atoms with Crippen LogP contribution in [0, 0.1) is 10.8 Å². The second kappa shape index (κ2) is 68.3. The van der Waals surface area contributed by atoms with Crippen molar-refractivity contribution in [2.45, 2.75) is 311 Å². The smallest absolute Gasteiger partial charge is 0.317 e. The number of nitrogens with one attached hydrogen (secondary N) is 19. The minimum absolute atomic E-state index is 0.00935. The highest BCUT2D eigenvalue weighted by Crippen LogP contribution is 2.28. The third-order valence-electron chi connectivity index (χ3n) is 25.6. The van der Waals surface area contributed by atoms with Gasteiger partial charge in [-0.2, -0.15) is 0 Å². The molecule has 2 aromatic heterocycles. The Bertz CT molecular complexity index is 5010. The van der Waals surface area contributed by atoms with Crippen molar-refractivity contribution in [3.05, 3.63) is 53.6 Å². The van der Waals surface area contributed by atoms with E-state index >= 15 is 14.4 Å². The third kappa shape index (κ3) is 47.4. The molecule has 0 aliphatic carbocycles. The van der Waals surface area contributed by atoms with Gasteiger partial charge in [-0.1, -0.05) is 94.9 Å². The number of carbonyl (C=O) groups excluding carboxylic acids is 16. The van der Waals surface area contributed by atoms with Gasteiger partial charge in [-0.15, -0.1) is 5.10 Å². The van der Waals surface area contributed by atoms with E-state index in [1.165, 1.54) is 63.2 Å². The molecule has 11 atom stereocenters. The van der Waals surface area contributed by atoms with Crippen LogP contribution in [0.15, 0.2) is 47.2 Å². The predicted octanol–water partition coefficient (Wildman–Crippen LogP) is -2.59. The fourth-order valence-electron chi connectivity index (χ4n) is 17.9. The number of primary amides is 1. The van der Waals surface area contributed by atoms with E-state index in [0.717, 1.165) is 54.1 Å². The van der Waals surface area contributed by atoms with Gasteiger partial charge in [0.15, 0.2) is 11.9 Å². The Morgan fingerprint density at radius 3 is 1.79 bits per heavy atom. The van der Waals surface area contributed by atoms with E-state index in [-0.39, 0.29) is 200 Å². The van der Waals surface area contributed by atoms with Crippen molar-refractivity contribution in [3.63, 3.8) is 0 Å². The number of benzene rings is 1. The maximum atomic E-state index is 15.6. The Labute approximate surface area is 869 Å². The molecule has 53 nitrogen and oxygen atoms in total. The standard InChI is InChI=1S/C97H153N29O24/c1-61(127)111-67-32-18-21-40-104-79(129)54-74(119-91(144)71(52-62-56-109-65-30-16-15-29-64(62)65)116-88(141)68(34-24-43-107-96(99)100)112-80(130)57-110-86(139)72(117-87(67)140)53-63-28-23-42-103-63)94(147)126-48-27-37-76(126)95(148)125-47-26-36-75(125)93(146)115-70(35-25-44-108-97(101)102)90(143)118-73(55-82(132)133)92(145)114-69(33-19-22-46-124(58-83(134)135)59-84(136)137)89(142)113-66(85(98)138)31-17-20-41-105-81(131)60-150-51-50-149-49-45-106-78(128)39-14-12-10-8-6-4-2-3-5-7-9-11-13-38-77-120-122-123-121-77/h15-16,28-30,42,56,66-76,109H,2-14,17-27,31-41,43-55,57-60H2,1H3,(H2,98,138)(H,104,129)(H,105,131)(H,106,128)(H,110,139)(H,111,127)(H,112,130)(H,113,142)(H,114,145)(H,115,146)(H,116,141)(H,117,140)(H,118,143)(H,119,144)(H,132,133)(H,134,135)(H,136,137)(H4,99,100,107)(H4,101,102,108)(H,120,121,122,123)/t66-,67-,68-,69-,70-,71-,72-,73-,74-,75-,76-/m0/s1. The minimum atomic E-state index is -2.06. The number of amides is 16. The van der Waals surface area contributed by atoms with Crippen molar-refractivity contribution < 1.29 is 116 Å². The van der Waals surface area contributed by atoms with Gasteiger partial charge in [-0.3, -0.25) is 112 Å². The molecule has 0 bridgehead atoms. The van der Waals surface area contributed by atoms with E-state index in [2.05, 4.69) is 110 Å². The number of para-hydroxylation sites is 1. The molecule has 0 saturated carbocycles. The van der Waals surface area contributed by atoms with Crippen LogP contribution in [0.4, 0.5) is 0 Å². The summed E-state index contributed by atoms with van der Waals surface area (Å²) in [6.45, 7) is -0.968. The number of unbranched alkanes of at least 4 members (excludes halogenated alkanes) is 14. The van der Waals surface area contributed by atoms with Crippen LogP contribution in [0.25, 0.3) is 10.9 Å². The van der Waals surface area contributed by atoms with Crippen LogP contribution in [0.3, 0.4) is 0 Å². The number of aromatic nitrogens is 5. The molecule has 150 heavy (non-hydrogen) atoms. The van der Waals surface area contributed by atoms with Gasteiger partial charge in [-0.05, 0) is 151 Å². The lowest BCUT2D eigenvalue weighted by Gasteiger charge is -2.33. The first-order chi connectivity index (χ1) is 72.0. The molecule has 28 N–H and O–H groups in total. The largest absolute Gasteiger partial charge is 0.481 e. The Morgan fingerprint density at radius 2 is 1.13 bits per heavy atom. The molecule has 4 aliphatic rings. The van der Waals surface area contributed by atoms with Crippen molar-refractivity contribution >= 4 is 141 Å². The number of carboxylic acid groups (broad SMARTS) is 3. The summed E-state index contributed by atoms with van der Waals surface area (Å²) in [6, 6.07) is -10.1. The molecule has 4 aliphatic heterocycles. The quantitative estimate of drug-likeness (QED) is 0.0157. The number of hydrogen-bond donors (Lipinski definition) is 25. The SMILES string of the molecule is CC(=O)N[C@H]1CCCCNC(=O)C[C@@H](C(=O)N2CCC[C@H]2C(=O)N2CCC[C@H]2C(=O)N[C@@H](CCCNC(=N)N)C(=O)N[C@@H](CC(=O)O)C(=O)N[C@@H](CCCCN(CC(=O)O)CC(=O)O)C(=O)N[C@@H](CCCCNC(=O)COCCOCCNC(=O)CCCCCCCCCCCCCCCc2nnn[nH]2)C(N)=O)NC(=O)[C@H](Cc2c[nH]c3ccccc23)NC(=O)[C@H](CCCNC(=N)N)NC(=O)CNC(=O)[C@H](CC2=CCC=N2)NC1=O. The zero-order valence-electron chi connectivity index (χ0n) is 85.4. The zero-order chi connectivity index (χ0) is 109. The fraction of sp³-hybridized carbons (Fsp3) is 0.660. The van der Waals surface area contributed by atoms with Crippen LogP contribution >= 0.6 is 0 Å². The zero-order valence-corrected chi connectivity index (χ0v) is 85.4. The van der Waals surface area contributed by atoms with Crippen molar-refractivity contribution in [2.24, 2.45) is 22.2 Å². The van der Waals surface area contributed by atoms with Crippen LogP contribution < -0.4 is 97.0 Å². The number of rotatable bonds is 64. The Balaban J connectivity index is 0.992. The molecule has 1 aromatic carbocycles. The summed E-state index contributed by atoms with van der Waals surface area (Å²) >= 11 is 0. The van der Waals surface area contributed by atoms with Crippen LogP contribution in [-0.2, 0) is 113 Å². The van der Waals surface area contributed by atoms with Crippen LogP contribution in [-0.4, -0.2) is 351 Å². The van der Waals surface area contributed by atoms with Gasteiger partial charge in [0.1, 0.15) is 78.9 Å². The molecule has 16 amide bonds. The number of aromatic amines is 2. The van der Waals surface area contributed by atoms with E-state index in [1.54, 1.807) is 42.8 Å². The van der Waals surface area contributed by atoms with Gasteiger partial charge in [0.2, 0.25) is 94.5 Å². The molecule has 3 aromatic rings. The number of fused-ring (bicyclic) bond motifs is 1. The van der Waals surface area contributed by atoms with Gasteiger partial charge in [0.05, 0.1) is 52.3 Å². The number of hydrogen-bond acceptors (Lipinski definition) is 28. The number of likely N-dealkylation sites (tertiary alicyclic amines) is 2. The number of allylic oxidation sites excluding steroid dienone is 1. The number of nitrogens with two attached hydrogens (primary N) is 3. The first-order valence-corrected chi connectivity index (χ1v) is 51.9. The summed E-state index contributed by atoms with van der Waals surface area (Å²) in [5, 5.41) is 98.5. The van der Waals surface area contributed by atoms with Gasteiger partial charge in [0.25, 0.3) is 0 Å². The number of guanidine groups is 2. The van der Waals surface area contributed by atoms with Gasteiger partial charge < -0.3 is 137 Å². The number of aliphatic carboxylic acids is 3. The van der Waals surface area contributed by atoms with Crippen molar-refractivity contribution in [1.29, 1.82) is 10.8 Å². The van der Waals surface area contributed by atoms with Crippen molar-refractivity contribution in [1.82, 2.24) is 120 Å². The molecule has 6 heterocycles. The first kappa shape index (κ1) is 123. The molecule has 830 valence electrons. The maximum Gasteiger partial charge on any atom is 0.317 e. The van der Waals surface area contributed by atoms with E-state index in [4.69, 9.17) is 37.5 Å². The van der Waals surface area contributed by atoms with E-state index in [0.29, 0.717) is 41.5 Å². The highest BCUT2D eigenvalue weighted by atomic mass is 16.5. The lowest BCUT2D eigenvalue weighted by molar-refractivity contribution is -0.148. The summed E-state index contributed by atoms with van der Waals surface area (Å²) in [6.07, 6.45) is 19.3. The lowest BCUT2D eigenvalue weighted by Crippen LogP contribution is -2.60. The monoisotopic (exact) mass is 2110 g/mol. The first-order valence-electron chi connectivity index (χ1n) is 51.9. The number of tetrazole rings is 1. The normalized spacial score (nSPS) is 18.8. The summed E-state index contributed by atoms with van der Waals surface area (Å²) < 4.78 is 11.0. The van der Waals surface area contributed by atoms with Crippen LogP contribution in [0.5, 0.6) is 0 Å². The summed E-state index contributed by atoms with van der Waals surface area (Å²) in [5.74, 6) is -18.0. The van der Waals surface area contributed by atoms with E-state index < -0.39 is 217 Å². The number of ether oxygens (including phenoxy) is 2. The maximum absolute atomic E-state index is 15.6. The minimum Gasteiger partial charge on any atom is -0.481 e. The topological polar surface area (TPSA) is 802 Å². The molecule has 0 radical (unpaired) electrons. The Kier molecular flexibility index (Phi) is 55.7. The predicted molar refractivity (Wildman–Crippen MR) is 544 cm³/mol. The number of aryl methyl sites for hydroxylation is 1. The second-order valence-corrected chi connectivity index (χ2v) is 37.7. The molecule has 0 spiro atoms. The molecular weight excluding hydrogens is 1960 g/mol. The highest BCUT2D eigenvalue weighted by molar-refractivity contribution is 6.02. The fourth-order valence-corrected chi connectivity index (χ4v) is 17.9. The Morgan fingerprint density at radius 1 is 0.547 bits per heavy atom. The summed E-state index contributed by atoms with van der Waals surface area (Å²) in [5.41, 5.74) is 18.5. The van der Waals surface area contributed by atoms with Crippen LogP contribution in [0.2, 0.25) is 0 Å². The number of aliphatic imine (C=N–C) groups is 1. The van der Waals surface area contributed by atoms with Gasteiger partial charge in [0, 0.05) is 114 Å². The Hall–Kier alpha value is -14.4. The highest BCUT2D eigenvalue weighted by Gasteiger charge is 2.46. The van der Waals surface area contributed by atoms with E-state index in [1.807, 2.05) is 0 Å². The summed E-state index contributed by atoms with van der Waals surface area (Å²) in [7, 11) is 0. The number of nitrogens with zero attached hydrogens (tertiary/aromatic N) is 7. The molecule has 53 heteroatoms. The average Bonchev–Trinajstić information content (AvgIpc) is 1.64. The van der Waals surface area contributed by atoms with Crippen LogP contribution in [0.1, 0.15) is 243 Å². The van der Waals surface area contributed by atoms with Gasteiger partial charge >= 0.3 is 17.9 Å². The number of H-pyrrole nitrogens is 2. The molecule has 0 unspecified atom stereocenters. The summed E-state index contributed by atoms with van der Waals surface area (Å²) in [4.78, 5) is 274. The third-order valence-corrected chi connectivity index (χ3v) is 25.6. The molecule has 7 rings (SSSR count). The number of carboxylic acids is 3. The second-order valence-electron chi connectivity index (χ2n) is 37.7. The average molecular weight is 2110 g/mol. The molecule has 3 fully saturated rings. The lowest BCUT2D eigenvalue weighted by atomic mass is 10.0. The molecular formula is C97H153N29O24. The van der Waals surface area contributed by atoms with Gasteiger partial charge in [-0.25, -0.2) is 5.10 Å². The van der Waals surface area contributed by atoms with E-state index in [9.17, 15) is 92.0 Å². The molecule has 3 saturated heterocycles. The van der Waals surface area contributed by atoms with Crippen molar-refractivity contribution in [2.75, 3.05) is 98.4 Å².